The van der Waals surface area contributed by atoms with Crippen molar-refractivity contribution in [2.45, 2.75) is 12.8 Å². The zero-order valence-electron chi connectivity index (χ0n) is 15.3. The highest BCUT2D eigenvalue weighted by Crippen LogP contribution is 2.27. The second-order valence-electron chi connectivity index (χ2n) is 5.66. The molecule has 0 unspecified atom stereocenters. The molecule has 8 heteroatoms. The van der Waals surface area contributed by atoms with Crippen molar-refractivity contribution in [3.05, 3.63) is 58.1 Å². The standard InChI is InChI=1S/C20H20Cl2O6/c1-25-10-11-27-20(24)14-4-2-5-16(12-14)28-19(23)6-3-9-26-18-8-7-15(21)13-17(18)22/h2,4-5,7-8,12-13H,3,6,9-11H2,1H3. The lowest BCUT2D eigenvalue weighted by molar-refractivity contribution is -0.134. The Kier molecular flexibility index (Phi) is 9.07. The Morgan fingerprint density at radius 3 is 2.57 bits per heavy atom. The van der Waals surface area contributed by atoms with Crippen LogP contribution in [0.25, 0.3) is 0 Å². The average molecular weight is 427 g/mol. The Bertz CT molecular complexity index is 809. The topological polar surface area (TPSA) is 71.1 Å². The van der Waals surface area contributed by atoms with Gasteiger partial charge in [0.1, 0.15) is 18.1 Å². The molecule has 0 aromatic heterocycles. The summed E-state index contributed by atoms with van der Waals surface area (Å²) in [5.41, 5.74) is 0.294. The first-order valence-electron chi connectivity index (χ1n) is 8.54. The summed E-state index contributed by atoms with van der Waals surface area (Å²) in [5.74, 6) is -0.175. The van der Waals surface area contributed by atoms with Gasteiger partial charge in [-0.05, 0) is 42.8 Å². The van der Waals surface area contributed by atoms with Gasteiger partial charge in [0.05, 0.1) is 23.8 Å². The van der Waals surface area contributed by atoms with Crippen molar-refractivity contribution >= 4 is 35.1 Å². The monoisotopic (exact) mass is 426 g/mol. The summed E-state index contributed by atoms with van der Waals surface area (Å²) in [6.07, 6.45) is 0.588. The smallest absolute Gasteiger partial charge is 0.338 e. The molecule has 150 valence electrons. The maximum Gasteiger partial charge on any atom is 0.338 e. The van der Waals surface area contributed by atoms with Gasteiger partial charge in [-0.1, -0.05) is 29.3 Å². The van der Waals surface area contributed by atoms with E-state index in [1.165, 1.54) is 13.2 Å². The molecule has 2 aromatic carbocycles. The van der Waals surface area contributed by atoms with Crippen molar-refractivity contribution < 1.29 is 28.5 Å². The first-order chi connectivity index (χ1) is 13.5. The summed E-state index contributed by atoms with van der Waals surface area (Å²) < 4.78 is 20.6. The maximum absolute atomic E-state index is 12.0. The summed E-state index contributed by atoms with van der Waals surface area (Å²) in [6, 6.07) is 11.2. The molecule has 0 bridgehead atoms. The van der Waals surface area contributed by atoms with E-state index in [0.29, 0.717) is 41.0 Å². The second kappa shape index (κ2) is 11.5. The summed E-state index contributed by atoms with van der Waals surface area (Å²) in [6.45, 7) is 0.753. The number of halogens is 2. The fraction of sp³-hybridized carbons (Fsp3) is 0.300. The number of methoxy groups -OCH3 is 1. The van der Waals surface area contributed by atoms with Gasteiger partial charge in [-0.15, -0.1) is 0 Å². The lowest BCUT2D eigenvalue weighted by Crippen LogP contribution is -2.12. The lowest BCUT2D eigenvalue weighted by atomic mass is 10.2. The van der Waals surface area contributed by atoms with E-state index in [-0.39, 0.29) is 18.8 Å². The Hall–Kier alpha value is -2.28. The van der Waals surface area contributed by atoms with E-state index >= 15 is 0 Å². The Morgan fingerprint density at radius 1 is 1.00 bits per heavy atom. The number of hydrogen-bond donors (Lipinski definition) is 0. The first kappa shape index (κ1) is 22.0. The normalized spacial score (nSPS) is 10.4. The molecule has 0 heterocycles. The fourth-order valence-corrected chi connectivity index (χ4v) is 2.62. The van der Waals surface area contributed by atoms with Crippen molar-refractivity contribution in [3.63, 3.8) is 0 Å². The molecule has 2 aromatic rings. The molecule has 0 aliphatic rings. The largest absolute Gasteiger partial charge is 0.492 e. The molecular weight excluding hydrogens is 407 g/mol. The third-order valence-corrected chi connectivity index (χ3v) is 4.03. The number of rotatable bonds is 10. The first-order valence-corrected chi connectivity index (χ1v) is 9.30. The van der Waals surface area contributed by atoms with E-state index in [2.05, 4.69) is 0 Å². The number of benzene rings is 2. The molecule has 0 atom stereocenters. The van der Waals surface area contributed by atoms with Crippen molar-refractivity contribution in [3.8, 4) is 11.5 Å². The van der Waals surface area contributed by atoms with Gasteiger partial charge in [-0.2, -0.15) is 0 Å². The number of carbonyl (C=O) groups excluding carboxylic acids is 2. The average Bonchev–Trinajstić information content (AvgIpc) is 2.67. The van der Waals surface area contributed by atoms with E-state index in [0.717, 1.165) is 0 Å². The van der Waals surface area contributed by atoms with Crippen molar-refractivity contribution in [2.24, 2.45) is 0 Å². The highest BCUT2D eigenvalue weighted by atomic mass is 35.5. The third-order valence-electron chi connectivity index (χ3n) is 3.50. The molecule has 0 saturated carbocycles. The van der Waals surface area contributed by atoms with Crippen molar-refractivity contribution in [2.75, 3.05) is 26.9 Å². The number of carbonyl (C=O) groups is 2. The summed E-state index contributed by atoms with van der Waals surface area (Å²) in [5, 5.41) is 0.926. The molecule has 0 saturated heterocycles. The van der Waals surface area contributed by atoms with Crippen LogP contribution < -0.4 is 9.47 Å². The van der Waals surface area contributed by atoms with Gasteiger partial charge in [-0.25, -0.2) is 4.79 Å². The van der Waals surface area contributed by atoms with Crippen LogP contribution in [0.5, 0.6) is 11.5 Å². The van der Waals surface area contributed by atoms with Gasteiger partial charge in [-0.3, -0.25) is 4.79 Å². The molecule has 28 heavy (non-hydrogen) atoms. The fourth-order valence-electron chi connectivity index (χ4n) is 2.16. The van der Waals surface area contributed by atoms with Crippen molar-refractivity contribution in [1.82, 2.24) is 0 Å². The van der Waals surface area contributed by atoms with Gasteiger partial charge in [0.2, 0.25) is 0 Å². The number of esters is 2. The molecule has 0 aliphatic heterocycles. The van der Waals surface area contributed by atoms with Crippen LogP contribution in [0, 0.1) is 0 Å². The Labute approximate surface area is 173 Å². The molecule has 0 N–H and O–H groups in total. The molecule has 0 amide bonds. The van der Waals surface area contributed by atoms with Gasteiger partial charge >= 0.3 is 11.9 Å². The summed E-state index contributed by atoms with van der Waals surface area (Å²) in [4.78, 5) is 23.9. The highest BCUT2D eigenvalue weighted by Gasteiger charge is 2.11. The van der Waals surface area contributed by atoms with Crippen LogP contribution >= 0.6 is 23.2 Å². The molecule has 0 radical (unpaired) electrons. The van der Waals surface area contributed by atoms with Crippen LogP contribution in [-0.4, -0.2) is 38.9 Å². The zero-order valence-corrected chi connectivity index (χ0v) is 16.8. The second-order valence-corrected chi connectivity index (χ2v) is 6.50. The number of hydrogen-bond acceptors (Lipinski definition) is 6. The minimum atomic E-state index is -0.511. The van der Waals surface area contributed by atoms with E-state index < -0.39 is 11.9 Å². The molecule has 0 spiro atoms. The van der Waals surface area contributed by atoms with Crippen LogP contribution in [0.3, 0.4) is 0 Å². The lowest BCUT2D eigenvalue weighted by Gasteiger charge is -2.09. The van der Waals surface area contributed by atoms with Crippen LogP contribution in [-0.2, 0) is 14.3 Å². The van der Waals surface area contributed by atoms with E-state index in [4.69, 9.17) is 42.1 Å². The molecule has 0 fully saturated rings. The SMILES string of the molecule is COCCOC(=O)c1cccc(OC(=O)CCCOc2ccc(Cl)cc2Cl)c1. The van der Waals surface area contributed by atoms with Crippen LogP contribution in [0.2, 0.25) is 10.0 Å². The van der Waals surface area contributed by atoms with Crippen LogP contribution in [0.15, 0.2) is 42.5 Å². The molecular formula is C20H20Cl2O6. The van der Waals surface area contributed by atoms with E-state index in [1.807, 2.05) is 0 Å². The third kappa shape index (κ3) is 7.38. The Balaban J connectivity index is 1.76. The van der Waals surface area contributed by atoms with Gasteiger partial charge < -0.3 is 18.9 Å². The van der Waals surface area contributed by atoms with Crippen LogP contribution in [0.1, 0.15) is 23.2 Å². The van der Waals surface area contributed by atoms with Gasteiger partial charge in [0.25, 0.3) is 0 Å². The summed E-state index contributed by atoms with van der Waals surface area (Å²) in [7, 11) is 1.52. The minimum absolute atomic E-state index is 0.147. The van der Waals surface area contributed by atoms with E-state index in [1.54, 1.807) is 36.4 Å². The molecule has 0 aliphatic carbocycles. The van der Waals surface area contributed by atoms with Gasteiger partial charge in [0.15, 0.2) is 0 Å². The Morgan fingerprint density at radius 2 is 1.82 bits per heavy atom. The zero-order chi connectivity index (χ0) is 20.4. The predicted molar refractivity (Wildman–Crippen MR) is 105 cm³/mol. The quantitative estimate of drug-likeness (QED) is 0.315. The van der Waals surface area contributed by atoms with Crippen LogP contribution in [0.4, 0.5) is 0 Å². The summed E-state index contributed by atoms with van der Waals surface area (Å²) >= 11 is 11.8. The van der Waals surface area contributed by atoms with Crippen molar-refractivity contribution in [1.29, 1.82) is 0 Å². The van der Waals surface area contributed by atoms with E-state index in [9.17, 15) is 9.59 Å². The highest BCUT2D eigenvalue weighted by molar-refractivity contribution is 6.35. The maximum atomic E-state index is 12.0. The molecule has 2 rings (SSSR count). The minimum Gasteiger partial charge on any atom is -0.492 e. The number of ether oxygens (including phenoxy) is 4. The van der Waals surface area contributed by atoms with Gasteiger partial charge in [0, 0.05) is 18.6 Å². The molecule has 6 nitrogen and oxygen atoms in total. The predicted octanol–water partition coefficient (Wildman–Crippen LogP) is 4.56.